The number of carbonyl (C=O) groups is 1. The molecule has 4 nitrogen and oxygen atoms in total. The van der Waals surface area contributed by atoms with Crippen molar-refractivity contribution >= 4 is 22.5 Å². The average molecular weight is 468 g/mol. The number of nitrogens with one attached hydrogen (secondary N) is 1. The van der Waals surface area contributed by atoms with Crippen molar-refractivity contribution in [2.24, 2.45) is 5.73 Å². The molecule has 1 saturated heterocycles. The molecule has 0 unspecified atom stereocenters. The van der Waals surface area contributed by atoms with Gasteiger partial charge in [-0.1, -0.05) is 56.3 Å². The number of primary amides is 1. The van der Waals surface area contributed by atoms with E-state index in [1.54, 1.807) is 0 Å². The standard InChI is InChI=1S/C30H30FN3O/c1-30(2)24-16-18(17-25(32)35)6-11-22(24)28-26(30)23-13-12-21(27(31)29(23)33-28)19-7-9-20(10-8-19)34-14-4-3-5-15-34/h6-13,16,33H,3-5,14-15,17H2,1-2H3,(H2,32,35). The van der Waals surface area contributed by atoms with E-state index in [4.69, 9.17) is 5.73 Å². The molecule has 3 aromatic carbocycles. The van der Waals surface area contributed by atoms with Crippen molar-refractivity contribution in [2.45, 2.75) is 44.9 Å². The van der Waals surface area contributed by atoms with E-state index in [0.29, 0.717) is 11.1 Å². The molecule has 0 spiro atoms. The average Bonchev–Trinajstić information content (AvgIpc) is 3.35. The van der Waals surface area contributed by atoms with Crippen molar-refractivity contribution in [2.75, 3.05) is 18.0 Å². The number of anilines is 1. The van der Waals surface area contributed by atoms with Gasteiger partial charge in [0.15, 0.2) is 5.82 Å². The number of nitrogens with zero attached hydrogens (tertiary/aromatic N) is 1. The summed E-state index contributed by atoms with van der Waals surface area (Å²) in [5, 5.41) is 0.906. The summed E-state index contributed by atoms with van der Waals surface area (Å²) in [7, 11) is 0. The highest BCUT2D eigenvalue weighted by Gasteiger charge is 2.39. The maximum atomic E-state index is 15.9. The van der Waals surface area contributed by atoms with E-state index in [2.05, 4.69) is 41.9 Å². The largest absolute Gasteiger partial charge is 0.372 e. The molecule has 6 rings (SSSR count). The molecule has 35 heavy (non-hydrogen) atoms. The quantitative estimate of drug-likeness (QED) is 0.370. The summed E-state index contributed by atoms with van der Waals surface area (Å²) in [5.74, 6) is -0.561. The van der Waals surface area contributed by atoms with E-state index in [-0.39, 0.29) is 23.6 Å². The monoisotopic (exact) mass is 467 g/mol. The fourth-order valence-electron chi connectivity index (χ4n) is 6.08. The Morgan fingerprint density at radius 2 is 1.71 bits per heavy atom. The van der Waals surface area contributed by atoms with Gasteiger partial charge < -0.3 is 15.6 Å². The van der Waals surface area contributed by atoms with E-state index in [0.717, 1.165) is 52.0 Å². The number of halogens is 1. The summed E-state index contributed by atoms with van der Waals surface area (Å²) in [6.07, 6.45) is 3.98. The Kier molecular flexibility index (Phi) is 4.99. The number of benzene rings is 3. The lowest BCUT2D eigenvalue weighted by atomic mass is 9.80. The molecule has 0 atom stereocenters. The maximum Gasteiger partial charge on any atom is 0.221 e. The lowest BCUT2D eigenvalue weighted by molar-refractivity contribution is -0.117. The molecule has 4 aromatic rings. The number of piperidine rings is 1. The Labute approximate surface area is 205 Å². The van der Waals surface area contributed by atoms with Crippen molar-refractivity contribution in [3.05, 3.63) is 77.1 Å². The molecular weight excluding hydrogens is 437 g/mol. The summed E-state index contributed by atoms with van der Waals surface area (Å²) in [6, 6.07) is 18.3. The zero-order valence-electron chi connectivity index (χ0n) is 20.2. The number of amides is 1. The highest BCUT2D eigenvalue weighted by Crippen LogP contribution is 2.52. The van der Waals surface area contributed by atoms with Crippen LogP contribution < -0.4 is 10.6 Å². The Hall–Kier alpha value is -3.60. The van der Waals surface area contributed by atoms with Gasteiger partial charge >= 0.3 is 0 Å². The zero-order valence-corrected chi connectivity index (χ0v) is 20.2. The van der Waals surface area contributed by atoms with Gasteiger partial charge in [-0.05, 0) is 53.6 Å². The van der Waals surface area contributed by atoms with Crippen LogP contribution in [0.5, 0.6) is 0 Å². The van der Waals surface area contributed by atoms with Crippen LogP contribution in [-0.4, -0.2) is 24.0 Å². The minimum atomic E-state index is -0.344. The number of carbonyl (C=O) groups excluding carboxylic acids is 1. The molecule has 5 heteroatoms. The first kappa shape index (κ1) is 21.9. The number of rotatable bonds is 4. The summed E-state index contributed by atoms with van der Waals surface area (Å²) in [6.45, 7) is 6.50. The first-order chi connectivity index (χ1) is 16.8. The van der Waals surface area contributed by atoms with Crippen molar-refractivity contribution in [1.82, 2.24) is 4.98 Å². The van der Waals surface area contributed by atoms with E-state index in [1.807, 2.05) is 36.4 Å². The third-order valence-corrected chi connectivity index (χ3v) is 7.84. The van der Waals surface area contributed by atoms with Gasteiger partial charge in [0, 0.05) is 40.7 Å². The molecule has 0 bridgehead atoms. The van der Waals surface area contributed by atoms with Gasteiger partial charge in [-0.3, -0.25) is 4.79 Å². The molecule has 1 aliphatic carbocycles. The van der Waals surface area contributed by atoms with E-state index >= 15 is 4.39 Å². The van der Waals surface area contributed by atoms with Crippen LogP contribution in [0.15, 0.2) is 54.6 Å². The first-order valence-electron chi connectivity index (χ1n) is 12.5. The van der Waals surface area contributed by atoms with Crippen LogP contribution in [0, 0.1) is 5.82 Å². The number of aromatic amines is 1. The normalized spacial score (nSPS) is 16.4. The van der Waals surface area contributed by atoms with Crippen molar-refractivity contribution in [3.8, 4) is 22.4 Å². The molecule has 1 aromatic heterocycles. The Morgan fingerprint density at radius 1 is 1.00 bits per heavy atom. The van der Waals surface area contributed by atoms with Gasteiger partial charge in [0.05, 0.1) is 17.6 Å². The number of hydrogen-bond acceptors (Lipinski definition) is 2. The van der Waals surface area contributed by atoms with Crippen LogP contribution in [0.4, 0.5) is 10.1 Å². The molecule has 2 aliphatic rings. The van der Waals surface area contributed by atoms with Crippen molar-refractivity contribution < 1.29 is 9.18 Å². The third-order valence-electron chi connectivity index (χ3n) is 7.84. The van der Waals surface area contributed by atoms with Crippen LogP contribution in [0.25, 0.3) is 33.3 Å². The lowest BCUT2D eigenvalue weighted by Crippen LogP contribution is -2.29. The number of H-pyrrole nitrogens is 1. The third kappa shape index (κ3) is 3.44. The summed E-state index contributed by atoms with van der Waals surface area (Å²) >= 11 is 0. The molecule has 1 amide bonds. The minimum Gasteiger partial charge on any atom is -0.372 e. The van der Waals surface area contributed by atoms with Gasteiger partial charge in [-0.15, -0.1) is 0 Å². The molecule has 3 N–H and O–H groups in total. The molecular formula is C30H30FN3O. The van der Waals surface area contributed by atoms with Crippen LogP contribution in [0.1, 0.15) is 49.8 Å². The van der Waals surface area contributed by atoms with Crippen LogP contribution in [0.2, 0.25) is 0 Å². The van der Waals surface area contributed by atoms with Crippen molar-refractivity contribution in [3.63, 3.8) is 0 Å². The molecule has 0 radical (unpaired) electrons. The van der Waals surface area contributed by atoms with Gasteiger partial charge in [0.25, 0.3) is 0 Å². The second-order valence-electron chi connectivity index (χ2n) is 10.5. The topological polar surface area (TPSA) is 62.1 Å². The smallest absolute Gasteiger partial charge is 0.221 e. The zero-order chi connectivity index (χ0) is 24.3. The summed E-state index contributed by atoms with van der Waals surface area (Å²) in [5.41, 5.74) is 13.5. The van der Waals surface area contributed by atoms with E-state index in [1.165, 1.54) is 24.9 Å². The van der Waals surface area contributed by atoms with Gasteiger partial charge in [-0.2, -0.15) is 0 Å². The van der Waals surface area contributed by atoms with E-state index < -0.39 is 0 Å². The number of hydrogen-bond donors (Lipinski definition) is 2. The van der Waals surface area contributed by atoms with Crippen LogP contribution >= 0.6 is 0 Å². The minimum absolute atomic E-state index is 0.215. The van der Waals surface area contributed by atoms with E-state index in [9.17, 15) is 4.79 Å². The molecule has 1 aliphatic heterocycles. The molecule has 2 heterocycles. The van der Waals surface area contributed by atoms with Crippen LogP contribution in [-0.2, 0) is 16.6 Å². The summed E-state index contributed by atoms with van der Waals surface area (Å²) < 4.78 is 15.9. The maximum absolute atomic E-state index is 15.9. The predicted molar refractivity (Wildman–Crippen MR) is 140 cm³/mol. The number of fused-ring (bicyclic) bond motifs is 5. The second-order valence-corrected chi connectivity index (χ2v) is 10.5. The molecule has 0 saturated carbocycles. The van der Waals surface area contributed by atoms with Crippen LogP contribution in [0.3, 0.4) is 0 Å². The molecule has 1 fully saturated rings. The predicted octanol–water partition coefficient (Wildman–Crippen LogP) is 6.30. The Bertz CT molecular complexity index is 1460. The summed E-state index contributed by atoms with van der Waals surface area (Å²) in [4.78, 5) is 17.3. The van der Waals surface area contributed by atoms with Gasteiger partial charge in [0.1, 0.15) is 0 Å². The number of aromatic nitrogens is 1. The highest BCUT2D eigenvalue weighted by atomic mass is 19.1. The van der Waals surface area contributed by atoms with Gasteiger partial charge in [0.2, 0.25) is 5.91 Å². The fourth-order valence-corrected chi connectivity index (χ4v) is 6.08. The van der Waals surface area contributed by atoms with Crippen molar-refractivity contribution in [1.29, 1.82) is 0 Å². The number of nitrogens with two attached hydrogens (primary N) is 1. The lowest BCUT2D eigenvalue weighted by Gasteiger charge is -2.28. The highest BCUT2D eigenvalue weighted by molar-refractivity contribution is 5.99. The first-order valence-corrected chi connectivity index (χ1v) is 12.5. The SMILES string of the molecule is CC1(C)c2cc(CC(N)=O)ccc2-c2[nH]c3c(F)c(-c4ccc(N5CCCCC5)cc4)ccc3c21. The van der Waals surface area contributed by atoms with Gasteiger partial charge in [-0.25, -0.2) is 4.39 Å². The second kappa shape index (κ2) is 7.98. The Morgan fingerprint density at radius 3 is 2.43 bits per heavy atom. The molecule has 178 valence electrons. The fraction of sp³-hybridized carbons (Fsp3) is 0.300. The Balaban J connectivity index is 1.41.